The molecule has 1 aliphatic heterocycles. The Balaban J connectivity index is 1.64. The van der Waals surface area contributed by atoms with Gasteiger partial charge in [-0.2, -0.15) is 26.7 Å². The predicted molar refractivity (Wildman–Crippen MR) is 116 cm³/mol. The molecular weight excluding hydrogens is 479 g/mol. The molecule has 0 saturated carbocycles. The van der Waals surface area contributed by atoms with Crippen LogP contribution >= 0.6 is 0 Å². The molecule has 0 unspecified atom stereocenters. The van der Waals surface area contributed by atoms with E-state index >= 15 is 0 Å². The molecule has 1 fully saturated rings. The van der Waals surface area contributed by atoms with E-state index in [1.54, 1.807) is 7.05 Å². The van der Waals surface area contributed by atoms with E-state index in [0.717, 1.165) is 16.4 Å². The van der Waals surface area contributed by atoms with Crippen LogP contribution in [0.3, 0.4) is 0 Å². The molecular formula is C20H23F3N5O5S-. The van der Waals surface area contributed by atoms with Gasteiger partial charge in [-0.3, -0.25) is 9.15 Å². The summed E-state index contributed by atoms with van der Waals surface area (Å²) in [7, 11) is -3.38. The second kappa shape index (κ2) is 9.07. The zero-order chi connectivity index (χ0) is 24.7. The summed E-state index contributed by atoms with van der Waals surface area (Å²) in [5.74, 6) is 0. The fourth-order valence-electron chi connectivity index (χ4n) is 4.30. The molecule has 2 aromatic rings. The lowest BCUT2D eigenvalue weighted by Gasteiger charge is -2.39. The topological polar surface area (TPSA) is 120 Å². The van der Waals surface area contributed by atoms with Gasteiger partial charge in [0.25, 0.3) is 0 Å². The number of amides is 2. The van der Waals surface area contributed by atoms with E-state index < -0.39 is 38.5 Å². The molecule has 186 valence electrons. The minimum Gasteiger partial charge on any atom is -0.740 e. The Morgan fingerprint density at radius 2 is 1.97 bits per heavy atom. The van der Waals surface area contributed by atoms with Crippen LogP contribution in [0.2, 0.25) is 0 Å². The lowest BCUT2D eigenvalue weighted by molar-refractivity contribution is -0.137. The molecule has 1 aliphatic carbocycles. The van der Waals surface area contributed by atoms with Gasteiger partial charge in [-0.1, -0.05) is 0 Å². The van der Waals surface area contributed by atoms with Crippen molar-refractivity contribution < 1.29 is 31.1 Å². The minimum atomic E-state index is -4.94. The highest BCUT2D eigenvalue weighted by Gasteiger charge is 2.37. The molecule has 4 rings (SSSR count). The maximum Gasteiger partial charge on any atom is 0.416 e. The summed E-state index contributed by atoms with van der Waals surface area (Å²) in [5, 5.41) is 18.8. The lowest BCUT2D eigenvalue weighted by atomic mass is 10.0. The molecule has 1 aromatic carbocycles. The average Bonchev–Trinajstić information content (AvgIpc) is 3.42. The first-order chi connectivity index (χ1) is 16.0. The fraction of sp³-hybridized carbons (Fsp3) is 0.500. The van der Waals surface area contributed by atoms with Crippen LogP contribution in [-0.4, -0.2) is 48.0 Å². The van der Waals surface area contributed by atoms with E-state index in [1.807, 2.05) is 0 Å². The van der Waals surface area contributed by atoms with Crippen molar-refractivity contribution in [2.75, 3.05) is 22.8 Å². The molecule has 10 nitrogen and oxygen atoms in total. The highest BCUT2D eigenvalue weighted by Crippen LogP contribution is 2.38. The number of hydrogen-bond acceptors (Lipinski definition) is 6. The van der Waals surface area contributed by atoms with Gasteiger partial charge in [0.15, 0.2) is 0 Å². The number of carbonyl (C=O) groups excluding carboxylic acids is 1. The monoisotopic (exact) mass is 502 g/mol. The Kier molecular flexibility index (Phi) is 6.48. The maximum atomic E-state index is 13.3. The van der Waals surface area contributed by atoms with Gasteiger partial charge in [-0.25, -0.2) is 9.10 Å². The second-order valence-corrected chi connectivity index (χ2v) is 9.81. The van der Waals surface area contributed by atoms with Crippen LogP contribution in [0.4, 0.5) is 29.3 Å². The van der Waals surface area contributed by atoms with Crippen LogP contribution in [0.1, 0.15) is 36.0 Å². The van der Waals surface area contributed by atoms with Crippen molar-refractivity contribution in [3.63, 3.8) is 0 Å². The Morgan fingerprint density at radius 1 is 1.26 bits per heavy atom. The number of aromatic nitrogens is 2. The number of anilines is 2. The highest BCUT2D eigenvalue weighted by molar-refractivity contribution is 7.91. The number of alkyl halides is 3. The van der Waals surface area contributed by atoms with Gasteiger partial charge in [0.1, 0.15) is 0 Å². The molecule has 2 amide bonds. The molecule has 1 N–H and O–H groups in total. The summed E-state index contributed by atoms with van der Waals surface area (Å²) in [6.07, 6.45) is -0.0944. The summed E-state index contributed by atoms with van der Waals surface area (Å²) in [5.41, 5.74) is -0.251. The molecule has 0 bridgehead atoms. The van der Waals surface area contributed by atoms with Crippen LogP contribution in [0.25, 0.3) is 0 Å². The quantitative estimate of drug-likeness (QED) is 0.627. The Morgan fingerprint density at radius 3 is 2.59 bits per heavy atom. The first-order valence-electron chi connectivity index (χ1n) is 10.6. The van der Waals surface area contributed by atoms with Crippen molar-refractivity contribution in [1.29, 1.82) is 0 Å². The summed E-state index contributed by atoms with van der Waals surface area (Å²) in [4.78, 5) is 12.7. The molecule has 0 radical (unpaired) electrons. The van der Waals surface area contributed by atoms with E-state index in [1.165, 1.54) is 17.1 Å². The summed E-state index contributed by atoms with van der Waals surface area (Å²) >= 11 is 0. The van der Waals surface area contributed by atoms with Crippen molar-refractivity contribution in [2.24, 2.45) is 7.05 Å². The lowest BCUT2D eigenvalue weighted by Crippen LogP contribution is -2.51. The van der Waals surface area contributed by atoms with Gasteiger partial charge in [0, 0.05) is 32.1 Å². The predicted octanol–water partition coefficient (Wildman–Crippen LogP) is 3.19. The number of rotatable bonds is 5. The Hall–Kier alpha value is -2.84. The zero-order valence-corrected chi connectivity index (χ0v) is 19.0. The summed E-state index contributed by atoms with van der Waals surface area (Å²) < 4.78 is 73.2. The average molecular weight is 502 g/mol. The van der Waals surface area contributed by atoms with Crippen LogP contribution in [0.15, 0.2) is 24.5 Å². The van der Waals surface area contributed by atoms with Gasteiger partial charge < -0.3 is 15.3 Å². The van der Waals surface area contributed by atoms with Crippen molar-refractivity contribution >= 4 is 27.6 Å². The van der Waals surface area contributed by atoms with Crippen molar-refractivity contribution in [2.45, 2.75) is 44.3 Å². The molecule has 0 atom stereocenters. The number of nitrogens with one attached hydrogen (secondary N) is 1. The number of hydroxylamine groups is 1. The van der Waals surface area contributed by atoms with Crippen LogP contribution in [-0.2, 0) is 41.0 Å². The molecule has 0 spiro atoms. The standard InChI is InChI=1S/C20H23F3N5O5S/c1-26-12-16(11-24-26)27(15-5-7-33-8-6-15)34(31,32)28(30)19(29)25-18-10-14(20(21,22)23)9-13-3-2-4-17(13)18/h9-12,15H,2-8H2,1H3,(H,25,29)/q-1. The first-order valence-corrected chi connectivity index (χ1v) is 12.0. The number of fused-ring (bicyclic) bond motifs is 1. The van der Waals surface area contributed by atoms with E-state index in [9.17, 15) is 31.6 Å². The molecule has 2 heterocycles. The Bertz CT molecular complexity index is 1180. The van der Waals surface area contributed by atoms with Gasteiger partial charge in [0.05, 0.1) is 23.5 Å². The van der Waals surface area contributed by atoms with Gasteiger partial charge in [-0.05, 0) is 55.4 Å². The number of urea groups is 1. The van der Waals surface area contributed by atoms with Gasteiger partial charge in [-0.15, -0.1) is 0 Å². The van der Waals surface area contributed by atoms with Gasteiger partial charge >= 0.3 is 22.4 Å². The van der Waals surface area contributed by atoms with Crippen molar-refractivity contribution in [3.8, 4) is 0 Å². The zero-order valence-electron chi connectivity index (χ0n) is 18.2. The van der Waals surface area contributed by atoms with Crippen LogP contribution in [0, 0.1) is 5.21 Å². The van der Waals surface area contributed by atoms with Crippen molar-refractivity contribution in [3.05, 3.63) is 46.4 Å². The SMILES string of the molecule is Cn1cc(N(C2CCOCC2)S(=O)(=O)N([O-])C(=O)Nc2cc(C(F)(F)F)cc3c2CCC3)cn1. The molecule has 1 aromatic heterocycles. The number of aryl methyl sites for hydroxylation is 2. The molecule has 14 heteroatoms. The van der Waals surface area contributed by atoms with E-state index in [4.69, 9.17) is 4.74 Å². The number of ether oxygens (including phenoxy) is 1. The van der Waals surface area contributed by atoms with Crippen molar-refractivity contribution in [1.82, 2.24) is 14.2 Å². The third-order valence-corrected chi connectivity index (χ3v) is 7.47. The maximum absolute atomic E-state index is 13.3. The summed E-state index contributed by atoms with van der Waals surface area (Å²) in [6, 6.07) is -0.529. The Labute approximate surface area is 194 Å². The first kappa shape index (κ1) is 24.3. The van der Waals surface area contributed by atoms with E-state index in [0.29, 0.717) is 30.4 Å². The minimum absolute atomic E-state index is 0.0861. The molecule has 1 saturated heterocycles. The normalized spacial score (nSPS) is 16.9. The highest BCUT2D eigenvalue weighted by atomic mass is 32.2. The smallest absolute Gasteiger partial charge is 0.416 e. The largest absolute Gasteiger partial charge is 0.740 e. The number of carbonyl (C=O) groups is 1. The molecule has 34 heavy (non-hydrogen) atoms. The third-order valence-electron chi connectivity index (χ3n) is 5.88. The fourth-order valence-corrected chi connectivity index (χ4v) is 5.66. The van der Waals surface area contributed by atoms with Crippen LogP contribution in [0.5, 0.6) is 0 Å². The van der Waals surface area contributed by atoms with Crippen LogP contribution < -0.4 is 9.62 Å². The van der Waals surface area contributed by atoms with E-state index in [2.05, 4.69) is 10.4 Å². The van der Waals surface area contributed by atoms with Gasteiger partial charge in [0.2, 0.25) is 0 Å². The second-order valence-electron chi connectivity index (χ2n) is 8.19. The summed E-state index contributed by atoms with van der Waals surface area (Å²) in [6.45, 7) is 0.525. The number of halogens is 3. The molecule has 2 aliphatic rings. The number of hydrogen-bond donors (Lipinski definition) is 1. The van der Waals surface area contributed by atoms with E-state index in [-0.39, 0.29) is 37.4 Å². The number of benzene rings is 1. The third kappa shape index (κ3) is 4.70. The number of nitrogens with zero attached hydrogens (tertiary/aromatic N) is 4.